The summed E-state index contributed by atoms with van der Waals surface area (Å²) in [7, 11) is 0. The molecule has 0 heterocycles. The van der Waals surface area contributed by atoms with Crippen LogP contribution in [0.15, 0.2) is 0 Å². The number of rotatable bonds is 8. The van der Waals surface area contributed by atoms with Crippen LogP contribution >= 0.6 is 0 Å². The predicted octanol–water partition coefficient (Wildman–Crippen LogP) is 3.16. The van der Waals surface area contributed by atoms with Gasteiger partial charge in [-0.25, -0.2) is 0 Å². The number of aliphatic carboxylic acids is 1. The maximum Gasteiger partial charge on any atom is 0.305 e. The third-order valence-electron chi connectivity index (χ3n) is 4.08. The second-order valence-electron chi connectivity index (χ2n) is 6.61. The van der Waals surface area contributed by atoms with Gasteiger partial charge >= 0.3 is 5.97 Å². The minimum Gasteiger partial charge on any atom is -0.481 e. The lowest BCUT2D eigenvalue weighted by atomic mass is 9.93. The lowest BCUT2D eigenvalue weighted by molar-refractivity contribution is -0.140. The monoisotopic (exact) mass is 283 g/mol. The van der Waals surface area contributed by atoms with E-state index in [1.54, 1.807) is 4.90 Å². The summed E-state index contributed by atoms with van der Waals surface area (Å²) < 4.78 is 0. The normalized spacial score (nSPS) is 17.4. The highest BCUT2D eigenvalue weighted by Gasteiger charge is 2.25. The number of carboxylic acid groups (broad SMARTS) is 1. The zero-order chi connectivity index (χ0) is 15.1. The van der Waals surface area contributed by atoms with Crippen molar-refractivity contribution < 1.29 is 14.7 Å². The zero-order valence-electron chi connectivity index (χ0n) is 13.1. The molecule has 4 heteroatoms. The van der Waals surface area contributed by atoms with Gasteiger partial charge in [0.2, 0.25) is 5.91 Å². The molecule has 0 radical (unpaired) electrons. The van der Waals surface area contributed by atoms with Crippen LogP contribution < -0.4 is 0 Å². The molecule has 20 heavy (non-hydrogen) atoms. The average molecular weight is 283 g/mol. The smallest absolute Gasteiger partial charge is 0.305 e. The largest absolute Gasteiger partial charge is 0.481 e. The van der Waals surface area contributed by atoms with E-state index in [4.69, 9.17) is 5.11 Å². The van der Waals surface area contributed by atoms with Crippen molar-refractivity contribution in [2.24, 2.45) is 17.8 Å². The Bertz CT molecular complexity index is 322. The predicted molar refractivity (Wildman–Crippen MR) is 79.4 cm³/mol. The third-order valence-corrected chi connectivity index (χ3v) is 4.08. The topological polar surface area (TPSA) is 57.6 Å². The highest BCUT2D eigenvalue weighted by molar-refractivity contribution is 5.79. The summed E-state index contributed by atoms with van der Waals surface area (Å²) in [4.78, 5) is 25.0. The number of nitrogens with zero attached hydrogens (tertiary/aromatic N) is 1. The molecule has 1 fully saturated rings. The number of amides is 1. The van der Waals surface area contributed by atoms with E-state index < -0.39 is 5.97 Å². The first-order chi connectivity index (χ1) is 9.40. The fraction of sp³-hybridized carbons (Fsp3) is 0.875. The molecule has 1 saturated carbocycles. The summed E-state index contributed by atoms with van der Waals surface area (Å²) in [6, 6.07) is 0. The van der Waals surface area contributed by atoms with Gasteiger partial charge in [0.15, 0.2) is 0 Å². The van der Waals surface area contributed by atoms with Gasteiger partial charge in [0.05, 0.1) is 6.42 Å². The molecule has 1 aliphatic rings. The van der Waals surface area contributed by atoms with Crippen LogP contribution in [0, 0.1) is 17.8 Å². The number of carbonyl (C=O) groups is 2. The third kappa shape index (κ3) is 5.93. The summed E-state index contributed by atoms with van der Waals surface area (Å²) in [5.41, 5.74) is 0. The molecule has 1 amide bonds. The van der Waals surface area contributed by atoms with Gasteiger partial charge in [0.1, 0.15) is 0 Å². The Morgan fingerprint density at radius 2 is 1.80 bits per heavy atom. The van der Waals surface area contributed by atoms with E-state index in [9.17, 15) is 9.59 Å². The first kappa shape index (κ1) is 17.0. The molecule has 0 aromatic carbocycles. The van der Waals surface area contributed by atoms with Crippen molar-refractivity contribution in [3.8, 4) is 0 Å². The molecule has 4 nitrogen and oxygen atoms in total. The molecule has 1 N–H and O–H groups in total. The van der Waals surface area contributed by atoms with Crippen molar-refractivity contribution in [1.29, 1.82) is 0 Å². The number of hydrogen-bond donors (Lipinski definition) is 1. The van der Waals surface area contributed by atoms with Crippen LogP contribution in [0.1, 0.15) is 59.3 Å². The molecular formula is C16H29NO3. The summed E-state index contributed by atoms with van der Waals surface area (Å²) in [5.74, 6) is 0.369. The molecule has 1 unspecified atom stereocenters. The number of carbonyl (C=O) groups excluding carboxylic acids is 1. The Kier molecular flexibility index (Phi) is 7.03. The molecular weight excluding hydrogens is 254 g/mol. The van der Waals surface area contributed by atoms with E-state index in [0.717, 1.165) is 6.42 Å². The highest BCUT2D eigenvalue weighted by Crippen LogP contribution is 2.30. The van der Waals surface area contributed by atoms with Gasteiger partial charge in [-0.15, -0.1) is 0 Å². The summed E-state index contributed by atoms with van der Waals surface area (Å²) in [6.07, 6.45) is 6.07. The number of hydrogen-bond acceptors (Lipinski definition) is 2. The Balaban J connectivity index is 2.52. The van der Waals surface area contributed by atoms with Crippen LogP contribution in [0.5, 0.6) is 0 Å². The van der Waals surface area contributed by atoms with Crippen molar-refractivity contribution in [3.05, 3.63) is 0 Å². The van der Waals surface area contributed by atoms with Crippen molar-refractivity contribution in [2.45, 2.75) is 59.3 Å². The lowest BCUT2D eigenvalue weighted by Gasteiger charge is -2.28. The molecule has 0 spiro atoms. The molecule has 0 bridgehead atoms. The van der Waals surface area contributed by atoms with Crippen LogP contribution in [0.3, 0.4) is 0 Å². The van der Waals surface area contributed by atoms with Crippen LogP contribution in [0.25, 0.3) is 0 Å². The molecule has 0 aliphatic heterocycles. The maximum atomic E-state index is 12.5. The van der Waals surface area contributed by atoms with Crippen LogP contribution in [0.4, 0.5) is 0 Å². The Morgan fingerprint density at radius 1 is 1.20 bits per heavy atom. The quantitative estimate of drug-likeness (QED) is 0.744. The first-order valence-electron chi connectivity index (χ1n) is 7.90. The van der Waals surface area contributed by atoms with Gasteiger partial charge in [0.25, 0.3) is 0 Å². The molecule has 0 saturated heterocycles. The summed E-state index contributed by atoms with van der Waals surface area (Å²) in [5, 5.41) is 8.81. The molecule has 0 aromatic heterocycles. The zero-order valence-corrected chi connectivity index (χ0v) is 13.1. The van der Waals surface area contributed by atoms with Crippen molar-refractivity contribution in [3.63, 3.8) is 0 Å². The lowest BCUT2D eigenvalue weighted by Crippen LogP contribution is -2.39. The Hall–Kier alpha value is -1.06. The molecule has 116 valence electrons. The Morgan fingerprint density at radius 3 is 2.30 bits per heavy atom. The molecule has 1 aliphatic carbocycles. The second-order valence-corrected chi connectivity index (χ2v) is 6.61. The maximum absolute atomic E-state index is 12.5. The number of carboxylic acids is 1. The van der Waals surface area contributed by atoms with Gasteiger partial charge in [0, 0.05) is 19.0 Å². The SMILES string of the molecule is CC(C)CN(CCC(=O)O)C(=O)C(C)CC1CCCC1. The van der Waals surface area contributed by atoms with E-state index in [0.29, 0.717) is 24.9 Å². The van der Waals surface area contributed by atoms with Gasteiger partial charge in [-0.05, 0) is 18.3 Å². The van der Waals surface area contributed by atoms with Gasteiger partial charge < -0.3 is 10.0 Å². The average Bonchev–Trinajstić information content (AvgIpc) is 2.85. The summed E-state index contributed by atoms with van der Waals surface area (Å²) in [6.45, 7) is 7.10. The van der Waals surface area contributed by atoms with E-state index in [1.165, 1.54) is 25.7 Å². The van der Waals surface area contributed by atoms with Crippen LogP contribution in [0.2, 0.25) is 0 Å². The van der Waals surface area contributed by atoms with Gasteiger partial charge in [-0.2, -0.15) is 0 Å². The van der Waals surface area contributed by atoms with Crippen molar-refractivity contribution in [1.82, 2.24) is 4.90 Å². The van der Waals surface area contributed by atoms with E-state index >= 15 is 0 Å². The molecule has 1 rings (SSSR count). The van der Waals surface area contributed by atoms with Gasteiger partial charge in [-0.3, -0.25) is 9.59 Å². The van der Waals surface area contributed by atoms with Crippen molar-refractivity contribution >= 4 is 11.9 Å². The van der Waals surface area contributed by atoms with Crippen LogP contribution in [-0.4, -0.2) is 35.0 Å². The fourth-order valence-electron chi connectivity index (χ4n) is 3.12. The van der Waals surface area contributed by atoms with Gasteiger partial charge in [-0.1, -0.05) is 46.5 Å². The van der Waals surface area contributed by atoms with E-state index in [2.05, 4.69) is 13.8 Å². The highest BCUT2D eigenvalue weighted by atomic mass is 16.4. The summed E-state index contributed by atoms with van der Waals surface area (Å²) >= 11 is 0. The second kappa shape index (κ2) is 8.28. The fourth-order valence-corrected chi connectivity index (χ4v) is 3.12. The standard InChI is InChI=1S/C16H29NO3/c1-12(2)11-17(9-8-15(18)19)16(20)13(3)10-14-6-4-5-7-14/h12-14H,4-11H2,1-3H3,(H,18,19). The van der Waals surface area contributed by atoms with Crippen molar-refractivity contribution in [2.75, 3.05) is 13.1 Å². The molecule has 0 aromatic rings. The molecule has 1 atom stereocenters. The minimum atomic E-state index is -0.838. The van der Waals surface area contributed by atoms with E-state index in [-0.39, 0.29) is 18.2 Å². The Labute approximate surface area is 122 Å². The first-order valence-corrected chi connectivity index (χ1v) is 7.90. The van der Waals surface area contributed by atoms with Crippen LogP contribution in [-0.2, 0) is 9.59 Å². The van der Waals surface area contributed by atoms with E-state index in [1.807, 2.05) is 6.92 Å². The minimum absolute atomic E-state index is 0.0191.